The first kappa shape index (κ1) is 17.0. The summed E-state index contributed by atoms with van der Waals surface area (Å²) in [5, 5.41) is 6.03. The van der Waals surface area contributed by atoms with Crippen molar-refractivity contribution in [2.75, 3.05) is 25.0 Å². The Bertz CT molecular complexity index is 582. The third-order valence-electron chi connectivity index (χ3n) is 3.40. The minimum Gasteiger partial charge on any atom is -0.494 e. The topological polar surface area (TPSA) is 50.4 Å². The van der Waals surface area contributed by atoms with Crippen molar-refractivity contribution in [1.29, 1.82) is 0 Å². The maximum absolute atomic E-state index is 11.9. The lowest BCUT2D eigenvalue weighted by Crippen LogP contribution is -2.28. The van der Waals surface area contributed by atoms with E-state index in [4.69, 9.17) is 4.74 Å². The van der Waals surface area contributed by atoms with E-state index in [9.17, 15) is 4.79 Å². The van der Waals surface area contributed by atoms with Crippen molar-refractivity contribution in [2.24, 2.45) is 0 Å². The molecule has 122 valence electrons. The second kappa shape index (κ2) is 9.64. The van der Waals surface area contributed by atoms with Crippen LogP contribution in [0.15, 0.2) is 54.6 Å². The normalized spacial score (nSPS) is 10.3. The van der Waals surface area contributed by atoms with Gasteiger partial charge in [0.2, 0.25) is 5.91 Å². The molecule has 0 spiro atoms. The molecule has 4 heteroatoms. The van der Waals surface area contributed by atoms with Gasteiger partial charge in [-0.1, -0.05) is 30.3 Å². The Morgan fingerprint density at radius 1 is 1.04 bits per heavy atom. The molecule has 0 saturated carbocycles. The van der Waals surface area contributed by atoms with Gasteiger partial charge >= 0.3 is 0 Å². The molecule has 2 aromatic rings. The van der Waals surface area contributed by atoms with Crippen LogP contribution < -0.4 is 15.4 Å². The minimum atomic E-state index is -0.0335. The van der Waals surface area contributed by atoms with E-state index < -0.39 is 0 Å². The molecule has 0 unspecified atom stereocenters. The lowest BCUT2D eigenvalue weighted by atomic mass is 10.1. The Balaban J connectivity index is 1.61. The van der Waals surface area contributed by atoms with E-state index in [1.54, 1.807) is 0 Å². The third kappa shape index (κ3) is 6.53. The summed E-state index contributed by atoms with van der Waals surface area (Å²) in [6.07, 6.45) is 2.04. The molecule has 0 heterocycles. The quantitative estimate of drug-likeness (QED) is 0.699. The van der Waals surface area contributed by atoms with Gasteiger partial charge in [-0.15, -0.1) is 0 Å². The van der Waals surface area contributed by atoms with Gasteiger partial charge in [-0.3, -0.25) is 4.79 Å². The first-order valence-corrected chi connectivity index (χ1v) is 8.05. The van der Waals surface area contributed by atoms with Crippen molar-refractivity contribution in [3.8, 4) is 5.75 Å². The van der Waals surface area contributed by atoms with Crippen molar-refractivity contribution < 1.29 is 9.53 Å². The van der Waals surface area contributed by atoms with Crippen LogP contribution in [0.1, 0.15) is 18.9 Å². The summed E-state index contributed by atoms with van der Waals surface area (Å²) in [6.45, 7) is 3.73. The molecule has 2 N–H and O–H groups in total. The van der Waals surface area contributed by atoms with Crippen LogP contribution >= 0.6 is 0 Å². The predicted octanol–water partition coefficient (Wildman–Crippen LogP) is 3.25. The summed E-state index contributed by atoms with van der Waals surface area (Å²) in [5.74, 6) is 0.776. The smallest absolute Gasteiger partial charge is 0.238 e. The number of ether oxygens (including phenoxy) is 1. The van der Waals surface area contributed by atoms with Gasteiger partial charge in [-0.25, -0.2) is 0 Å². The number of carbonyl (C=O) groups excluding carboxylic acids is 1. The maximum atomic E-state index is 11.9. The fourth-order valence-electron chi connectivity index (χ4n) is 2.27. The highest BCUT2D eigenvalue weighted by Crippen LogP contribution is 2.15. The van der Waals surface area contributed by atoms with Gasteiger partial charge < -0.3 is 15.4 Å². The van der Waals surface area contributed by atoms with Crippen molar-refractivity contribution >= 4 is 11.6 Å². The molecule has 0 aliphatic rings. The Hall–Kier alpha value is -2.33. The summed E-state index contributed by atoms with van der Waals surface area (Å²) in [4.78, 5) is 11.9. The standard InChI is InChI=1S/C19H24N2O2/c1-2-23-18-12-10-17(11-13-18)21-19(22)15-20-14-6-9-16-7-4-3-5-8-16/h3-5,7-8,10-13,20H,2,6,9,14-15H2,1H3,(H,21,22). The molecule has 0 aliphatic carbocycles. The number of anilines is 1. The van der Waals surface area contributed by atoms with Crippen molar-refractivity contribution in [3.63, 3.8) is 0 Å². The number of nitrogens with one attached hydrogen (secondary N) is 2. The molecule has 2 aromatic carbocycles. The summed E-state index contributed by atoms with van der Waals surface area (Å²) in [5.41, 5.74) is 2.11. The highest BCUT2D eigenvalue weighted by molar-refractivity contribution is 5.92. The number of hydrogen-bond acceptors (Lipinski definition) is 3. The predicted molar refractivity (Wildman–Crippen MR) is 93.9 cm³/mol. The second-order valence-electron chi connectivity index (χ2n) is 5.27. The summed E-state index contributed by atoms with van der Waals surface area (Å²) >= 11 is 0. The van der Waals surface area contributed by atoms with Gasteiger partial charge in [-0.2, -0.15) is 0 Å². The summed E-state index contributed by atoms with van der Waals surface area (Å²) < 4.78 is 5.37. The lowest BCUT2D eigenvalue weighted by molar-refractivity contribution is -0.115. The van der Waals surface area contributed by atoms with Crippen molar-refractivity contribution in [1.82, 2.24) is 5.32 Å². The van der Waals surface area contributed by atoms with Crippen LogP contribution in [-0.2, 0) is 11.2 Å². The lowest BCUT2D eigenvalue weighted by Gasteiger charge is -2.08. The van der Waals surface area contributed by atoms with E-state index in [-0.39, 0.29) is 5.91 Å². The third-order valence-corrected chi connectivity index (χ3v) is 3.40. The van der Waals surface area contributed by atoms with E-state index in [1.807, 2.05) is 49.4 Å². The average Bonchev–Trinajstić information content (AvgIpc) is 2.57. The van der Waals surface area contributed by atoms with Crippen LogP contribution in [0.3, 0.4) is 0 Å². The molecule has 0 radical (unpaired) electrons. The van der Waals surface area contributed by atoms with Gasteiger partial charge in [0, 0.05) is 5.69 Å². The van der Waals surface area contributed by atoms with Crippen LogP contribution in [-0.4, -0.2) is 25.6 Å². The number of hydrogen-bond donors (Lipinski definition) is 2. The molecule has 0 aromatic heterocycles. The molecule has 4 nitrogen and oxygen atoms in total. The largest absolute Gasteiger partial charge is 0.494 e. The van der Waals surface area contributed by atoms with Gasteiger partial charge in [0.05, 0.1) is 13.2 Å². The number of benzene rings is 2. The van der Waals surface area contributed by atoms with Gasteiger partial charge in [-0.05, 0) is 56.1 Å². The molecule has 0 atom stereocenters. The Morgan fingerprint density at radius 2 is 1.78 bits per heavy atom. The molecule has 23 heavy (non-hydrogen) atoms. The summed E-state index contributed by atoms with van der Waals surface area (Å²) in [7, 11) is 0. The highest BCUT2D eigenvalue weighted by Gasteiger charge is 2.02. The van der Waals surface area contributed by atoms with Crippen molar-refractivity contribution in [2.45, 2.75) is 19.8 Å². The Morgan fingerprint density at radius 3 is 2.48 bits per heavy atom. The van der Waals surface area contributed by atoms with E-state index in [1.165, 1.54) is 5.56 Å². The zero-order valence-electron chi connectivity index (χ0n) is 13.5. The van der Waals surface area contributed by atoms with Crippen molar-refractivity contribution in [3.05, 3.63) is 60.2 Å². The molecule has 0 bridgehead atoms. The number of aryl methyl sites for hydroxylation is 1. The average molecular weight is 312 g/mol. The Kier molecular flexibility index (Phi) is 7.14. The van der Waals surface area contributed by atoms with Gasteiger partial charge in [0.25, 0.3) is 0 Å². The monoisotopic (exact) mass is 312 g/mol. The Labute approximate surface area is 137 Å². The van der Waals surface area contributed by atoms with E-state index >= 15 is 0 Å². The summed E-state index contributed by atoms with van der Waals surface area (Å²) in [6, 6.07) is 17.8. The first-order valence-electron chi connectivity index (χ1n) is 8.05. The SMILES string of the molecule is CCOc1ccc(NC(=O)CNCCCc2ccccc2)cc1. The number of carbonyl (C=O) groups is 1. The molecular weight excluding hydrogens is 288 g/mol. The van der Waals surface area contributed by atoms with Crippen LogP contribution in [0.5, 0.6) is 5.75 Å². The fourth-order valence-corrected chi connectivity index (χ4v) is 2.27. The number of rotatable bonds is 9. The zero-order chi connectivity index (χ0) is 16.3. The molecule has 2 rings (SSSR count). The van der Waals surface area contributed by atoms with Gasteiger partial charge in [0.15, 0.2) is 0 Å². The van der Waals surface area contributed by atoms with E-state index in [0.717, 1.165) is 30.8 Å². The first-order chi connectivity index (χ1) is 11.3. The second-order valence-corrected chi connectivity index (χ2v) is 5.27. The van der Waals surface area contributed by atoms with Crippen LogP contribution in [0, 0.1) is 0 Å². The maximum Gasteiger partial charge on any atom is 0.238 e. The molecule has 0 aliphatic heterocycles. The molecule has 0 fully saturated rings. The molecule has 0 saturated heterocycles. The zero-order valence-corrected chi connectivity index (χ0v) is 13.5. The minimum absolute atomic E-state index is 0.0335. The molecule has 1 amide bonds. The van der Waals surface area contributed by atoms with Gasteiger partial charge in [0.1, 0.15) is 5.75 Å². The number of amides is 1. The fraction of sp³-hybridized carbons (Fsp3) is 0.316. The molecular formula is C19H24N2O2. The van der Waals surface area contributed by atoms with Crippen LogP contribution in [0.25, 0.3) is 0 Å². The van der Waals surface area contributed by atoms with E-state index in [0.29, 0.717) is 13.2 Å². The van der Waals surface area contributed by atoms with Crippen LogP contribution in [0.2, 0.25) is 0 Å². The van der Waals surface area contributed by atoms with Crippen LogP contribution in [0.4, 0.5) is 5.69 Å². The highest BCUT2D eigenvalue weighted by atomic mass is 16.5. The van der Waals surface area contributed by atoms with E-state index in [2.05, 4.69) is 22.8 Å².